The summed E-state index contributed by atoms with van der Waals surface area (Å²) in [7, 11) is 0. The number of hydrogen-bond donors (Lipinski definition) is 2. The lowest BCUT2D eigenvalue weighted by molar-refractivity contribution is -0.133. The van der Waals surface area contributed by atoms with E-state index in [1.807, 2.05) is 44.2 Å². The van der Waals surface area contributed by atoms with E-state index in [-0.39, 0.29) is 12.0 Å². The molecule has 0 fully saturated rings. The van der Waals surface area contributed by atoms with Crippen LogP contribution in [-0.2, 0) is 15.0 Å². The Morgan fingerprint density at radius 2 is 1.65 bits per heavy atom. The first-order valence-electron chi connectivity index (χ1n) is 9.83. The van der Waals surface area contributed by atoms with Crippen LogP contribution in [-0.4, -0.2) is 24.5 Å². The Morgan fingerprint density at radius 3 is 2.19 bits per heavy atom. The van der Waals surface area contributed by atoms with Gasteiger partial charge in [-0.05, 0) is 83.1 Å². The maximum Gasteiger partial charge on any atom is 0.279 e. The summed E-state index contributed by atoms with van der Waals surface area (Å²) in [6.45, 7) is 11.5. The van der Waals surface area contributed by atoms with Crippen LogP contribution in [0.3, 0.4) is 0 Å². The smallest absolute Gasteiger partial charge is 0.279 e. The number of nitrogens with one attached hydrogen (secondary N) is 2. The number of benzene rings is 2. The first-order valence-corrected chi connectivity index (χ1v) is 11.4. The number of aryl methyl sites for hydroxylation is 2. The minimum absolute atomic E-state index is 0.00873. The second-order valence-electron chi connectivity index (χ2n) is 8.35. The first-order chi connectivity index (χ1) is 14.4. The first kappa shape index (κ1) is 25.2. The zero-order chi connectivity index (χ0) is 23.3. The van der Waals surface area contributed by atoms with Crippen LogP contribution in [0.2, 0.25) is 0 Å². The van der Waals surface area contributed by atoms with E-state index in [1.165, 1.54) is 0 Å². The molecular weight excluding hydrogens is 528 g/mol. The Bertz CT molecular complexity index is 948. The van der Waals surface area contributed by atoms with Crippen LogP contribution < -0.4 is 20.3 Å². The molecule has 0 heterocycles. The van der Waals surface area contributed by atoms with Gasteiger partial charge < -0.3 is 9.47 Å². The lowest BCUT2D eigenvalue weighted by atomic mass is 9.87. The summed E-state index contributed by atoms with van der Waals surface area (Å²) in [6, 6.07) is 9.58. The van der Waals surface area contributed by atoms with Crippen molar-refractivity contribution in [3.63, 3.8) is 0 Å². The molecule has 0 bridgehead atoms. The molecule has 31 heavy (non-hydrogen) atoms. The molecule has 2 rings (SSSR count). The molecule has 0 aliphatic heterocycles. The zero-order valence-electron chi connectivity index (χ0n) is 18.6. The highest BCUT2D eigenvalue weighted by molar-refractivity contribution is 9.10. The topological polar surface area (TPSA) is 76.7 Å². The van der Waals surface area contributed by atoms with Gasteiger partial charge in [0.25, 0.3) is 11.8 Å². The number of ether oxygens (including phenoxy) is 2. The van der Waals surface area contributed by atoms with Gasteiger partial charge in [-0.2, -0.15) is 0 Å². The minimum atomic E-state index is -0.793. The SMILES string of the molecule is Cc1cc(Br)cc(C)c1OC(C)C(=O)NNC(=O)COc1ccc(C(C)(C)C)cc1Br. The molecule has 0 aliphatic carbocycles. The molecule has 0 saturated carbocycles. The highest BCUT2D eigenvalue weighted by atomic mass is 79.9. The third-order valence-electron chi connectivity index (χ3n) is 4.57. The van der Waals surface area contributed by atoms with Gasteiger partial charge in [-0.1, -0.05) is 42.8 Å². The zero-order valence-corrected chi connectivity index (χ0v) is 21.7. The third-order valence-corrected chi connectivity index (χ3v) is 5.65. The molecule has 6 nitrogen and oxygen atoms in total. The Balaban J connectivity index is 1.85. The minimum Gasteiger partial charge on any atom is -0.483 e. The predicted octanol–water partition coefficient (Wildman–Crippen LogP) is 5.12. The van der Waals surface area contributed by atoms with Gasteiger partial charge in [-0.25, -0.2) is 0 Å². The van der Waals surface area contributed by atoms with E-state index in [0.717, 1.165) is 25.6 Å². The molecule has 0 spiro atoms. The van der Waals surface area contributed by atoms with Gasteiger partial charge in [0.1, 0.15) is 11.5 Å². The van der Waals surface area contributed by atoms with Crippen molar-refractivity contribution in [2.24, 2.45) is 0 Å². The average Bonchev–Trinajstić information content (AvgIpc) is 2.66. The van der Waals surface area contributed by atoms with E-state index in [0.29, 0.717) is 11.5 Å². The molecule has 168 valence electrons. The van der Waals surface area contributed by atoms with Crippen LogP contribution in [0.4, 0.5) is 0 Å². The fraction of sp³-hybridized carbons (Fsp3) is 0.391. The van der Waals surface area contributed by atoms with Crippen LogP contribution in [0.15, 0.2) is 39.3 Å². The highest BCUT2D eigenvalue weighted by Crippen LogP contribution is 2.31. The normalized spacial score (nSPS) is 12.1. The summed E-state index contributed by atoms with van der Waals surface area (Å²) in [5.41, 5.74) is 7.69. The molecule has 0 radical (unpaired) electrons. The Kier molecular flexibility index (Phi) is 8.54. The molecule has 8 heteroatoms. The van der Waals surface area contributed by atoms with E-state index < -0.39 is 17.9 Å². The molecule has 0 aliphatic rings. The van der Waals surface area contributed by atoms with Crippen molar-refractivity contribution in [2.45, 2.75) is 53.1 Å². The Morgan fingerprint density at radius 1 is 1.03 bits per heavy atom. The lowest BCUT2D eigenvalue weighted by Gasteiger charge is -2.20. The van der Waals surface area contributed by atoms with Crippen LogP contribution in [0.5, 0.6) is 11.5 Å². The molecule has 2 aromatic rings. The van der Waals surface area contributed by atoms with E-state index in [9.17, 15) is 9.59 Å². The summed E-state index contributed by atoms with van der Waals surface area (Å²) in [4.78, 5) is 24.4. The van der Waals surface area contributed by atoms with Gasteiger partial charge in [0.15, 0.2) is 12.7 Å². The monoisotopic (exact) mass is 554 g/mol. The van der Waals surface area contributed by atoms with E-state index >= 15 is 0 Å². The van der Waals surface area contributed by atoms with Crippen LogP contribution >= 0.6 is 31.9 Å². The van der Waals surface area contributed by atoms with Crippen molar-refractivity contribution in [3.8, 4) is 11.5 Å². The van der Waals surface area contributed by atoms with Crippen molar-refractivity contribution in [3.05, 3.63) is 56.0 Å². The molecule has 0 saturated heterocycles. The summed E-state index contributed by atoms with van der Waals surface area (Å²) in [5, 5.41) is 0. The quantitative estimate of drug-likeness (QED) is 0.485. The van der Waals surface area contributed by atoms with E-state index in [1.54, 1.807) is 6.92 Å². The van der Waals surface area contributed by atoms with E-state index in [4.69, 9.17) is 9.47 Å². The molecule has 2 N–H and O–H groups in total. The largest absolute Gasteiger partial charge is 0.483 e. The van der Waals surface area contributed by atoms with Crippen LogP contribution in [0.25, 0.3) is 0 Å². The number of halogens is 2. The predicted molar refractivity (Wildman–Crippen MR) is 128 cm³/mol. The summed E-state index contributed by atoms with van der Waals surface area (Å²) < 4.78 is 13.0. The van der Waals surface area contributed by atoms with Crippen molar-refractivity contribution in [1.29, 1.82) is 0 Å². The number of carbonyl (C=O) groups is 2. The van der Waals surface area contributed by atoms with Crippen molar-refractivity contribution >= 4 is 43.7 Å². The van der Waals surface area contributed by atoms with Crippen LogP contribution in [0.1, 0.15) is 44.4 Å². The molecule has 1 unspecified atom stereocenters. The fourth-order valence-corrected chi connectivity index (χ4v) is 3.99. The maximum absolute atomic E-state index is 12.3. The van der Waals surface area contributed by atoms with Gasteiger partial charge in [0, 0.05) is 4.47 Å². The Labute approximate surface area is 200 Å². The second kappa shape index (κ2) is 10.5. The number of hydrogen-bond acceptors (Lipinski definition) is 4. The standard InChI is InChI=1S/C23H28Br2N2O4/c1-13-9-17(24)10-14(2)21(13)31-15(3)22(29)27-26-20(28)12-30-19-8-7-16(11-18(19)25)23(4,5)6/h7-11,15H,12H2,1-6H3,(H,26,28)(H,27,29). The second-order valence-corrected chi connectivity index (χ2v) is 10.1. The number of amides is 2. The average molecular weight is 556 g/mol. The molecule has 1 atom stereocenters. The number of rotatable bonds is 6. The fourth-order valence-electron chi connectivity index (χ4n) is 2.81. The van der Waals surface area contributed by atoms with Crippen molar-refractivity contribution < 1.29 is 19.1 Å². The van der Waals surface area contributed by atoms with Crippen molar-refractivity contribution in [1.82, 2.24) is 10.9 Å². The lowest BCUT2D eigenvalue weighted by Crippen LogP contribution is -2.48. The molecule has 2 amide bonds. The number of carbonyl (C=O) groups excluding carboxylic acids is 2. The summed E-state index contributed by atoms with van der Waals surface area (Å²) >= 11 is 6.91. The molecule has 2 aromatic carbocycles. The van der Waals surface area contributed by atoms with Crippen LogP contribution in [0, 0.1) is 13.8 Å². The maximum atomic E-state index is 12.3. The molecular formula is C23H28Br2N2O4. The number of hydrazine groups is 1. The summed E-state index contributed by atoms with van der Waals surface area (Å²) in [5.74, 6) is 0.241. The van der Waals surface area contributed by atoms with Gasteiger partial charge in [-0.15, -0.1) is 0 Å². The Hall–Kier alpha value is -2.06. The summed E-state index contributed by atoms with van der Waals surface area (Å²) in [6.07, 6.45) is -0.793. The van der Waals surface area contributed by atoms with E-state index in [2.05, 4.69) is 63.5 Å². The van der Waals surface area contributed by atoms with Gasteiger partial charge in [-0.3, -0.25) is 20.4 Å². The van der Waals surface area contributed by atoms with Crippen molar-refractivity contribution in [2.75, 3.05) is 6.61 Å². The van der Waals surface area contributed by atoms with Gasteiger partial charge >= 0.3 is 0 Å². The van der Waals surface area contributed by atoms with Gasteiger partial charge in [0.2, 0.25) is 0 Å². The molecule has 0 aromatic heterocycles. The van der Waals surface area contributed by atoms with Gasteiger partial charge in [0.05, 0.1) is 4.47 Å². The highest BCUT2D eigenvalue weighted by Gasteiger charge is 2.19. The third kappa shape index (κ3) is 7.25.